The van der Waals surface area contributed by atoms with Gasteiger partial charge in [-0.15, -0.1) is 5.10 Å². The largest absolute Gasteiger partial charge is 0.323 e. The maximum Gasteiger partial charge on any atom is 0.0993 e. The monoisotopic (exact) mass is 234 g/mol. The van der Waals surface area contributed by atoms with Gasteiger partial charge in [0.05, 0.1) is 24.1 Å². The van der Waals surface area contributed by atoms with Crippen LogP contribution in [-0.2, 0) is 20.0 Å². The Morgan fingerprint density at radius 1 is 1.41 bits per heavy atom. The van der Waals surface area contributed by atoms with E-state index in [2.05, 4.69) is 15.4 Å². The van der Waals surface area contributed by atoms with Crippen LogP contribution in [0.15, 0.2) is 18.6 Å². The summed E-state index contributed by atoms with van der Waals surface area (Å²) in [5, 5.41) is 12.3. The minimum absolute atomic E-state index is 0.0119. The lowest BCUT2D eigenvalue weighted by atomic mass is 10.2. The molecular weight excluding hydrogens is 216 g/mol. The van der Waals surface area contributed by atoms with Crippen LogP contribution in [0, 0.1) is 0 Å². The summed E-state index contributed by atoms with van der Waals surface area (Å²) in [5.41, 5.74) is 7.95. The first-order valence-corrected chi connectivity index (χ1v) is 5.82. The Morgan fingerprint density at radius 2 is 2.24 bits per heavy atom. The lowest BCUT2D eigenvalue weighted by Crippen LogP contribution is -2.08. The molecule has 2 N–H and O–H groups in total. The molecule has 1 unspecified atom stereocenters. The van der Waals surface area contributed by atoms with E-state index in [9.17, 15) is 0 Å². The van der Waals surface area contributed by atoms with Crippen molar-refractivity contribution >= 4 is 0 Å². The lowest BCUT2D eigenvalue weighted by Gasteiger charge is -2.01. The molecule has 17 heavy (non-hydrogen) atoms. The van der Waals surface area contributed by atoms with Crippen LogP contribution in [0.25, 0.3) is 0 Å². The van der Waals surface area contributed by atoms with Gasteiger partial charge in [0.1, 0.15) is 0 Å². The smallest absolute Gasteiger partial charge is 0.0993 e. The van der Waals surface area contributed by atoms with Gasteiger partial charge in [-0.3, -0.25) is 9.36 Å². The highest BCUT2D eigenvalue weighted by atomic mass is 15.4. The third-order valence-electron chi connectivity index (χ3n) is 2.76. The average Bonchev–Trinajstić information content (AvgIpc) is 2.94. The number of aryl methyl sites for hydroxylation is 3. The molecule has 0 fully saturated rings. The zero-order chi connectivity index (χ0) is 12.3. The molecule has 0 aliphatic heterocycles. The summed E-state index contributed by atoms with van der Waals surface area (Å²) in [7, 11) is 1.91. The van der Waals surface area contributed by atoms with Gasteiger partial charge < -0.3 is 5.73 Å². The Bertz CT molecular complexity index is 472. The van der Waals surface area contributed by atoms with Crippen molar-refractivity contribution < 1.29 is 0 Å². The van der Waals surface area contributed by atoms with Gasteiger partial charge in [-0.2, -0.15) is 5.10 Å². The van der Waals surface area contributed by atoms with Crippen LogP contribution >= 0.6 is 0 Å². The Kier molecular flexibility index (Phi) is 3.53. The van der Waals surface area contributed by atoms with Crippen molar-refractivity contribution in [2.45, 2.75) is 32.4 Å². The van der Waals surface area contributed by atoms with Gasteiger partial charge in [0.25, 0.3) is 0 Å². The Balaban J connectivity index is 1.93. The molecule has 0 spiro atoms. The van der Waals surface area contributed by atoms with E-state index in [0.717, 1.165) is 25.1 Å². The summed E-state index contributed by atoms with van der Waals surface area (Å²) in [6, 6.07) is -0.0119. The second kappa shape index (κ2) is 5.09. The van der Waals surface area contributed by atoms with Crippen molar-refractivity contribution in [2.75, 3.05) is 0 Å². The van der Waals surface area contributed by atoms with Crippen LogP contribution in [0.5, 0.6) is 0 Å². The first-order chi connectivity index (χ1) is 8.19. The molecule has 6 nitrogen and oxygen atoms in total. The molecule has 2 aromatic rings. The number of hydrogen-bond acceptors (Lipinski definition) is 4. The molecule has 0 radical (unpaired) electrons. The van der Waals surface area contributed by atoms with Crippen LogP contribution in [0.1, 0.15) is 30.6 Å². The average molecular weight is 234 g/mol. The quantitative estimate of drug-likeness (QED) is 0.825. The minimum atomic E-state index is -0.0119. The fraction of sp³-hybridized carbons (Fsp3) is 0.545. The molecular formula is C11H18N6. The molecule has 2 heterocycles. The van der Waals surface area contributed by atoms with Gasteiger partial charge in [-0.25, -0.2) is 0 Å². The number of rotatable bonds is 5. The van der Waals surface area contributed by atoms with Crippen molar-refractivity contribution in [3.05, 3.63) is 29.8 Å². The van der Waals surface area contributed by atoms with Crippen LogP contribution in [0.3, 0.4) is 0 Å². The molecule has 1 atom stereocenters. The lowest BCUT2D eigenvalue weighted by molar-refractivity contribution is 0.588. The van der Waals surface area contributed by atoms with Crippen LogP contribution in [0.4, 0.5) is 0 Å². The number of aromatic nitrogens is 5. The van der Waals surface area contributed by atoms with Crippen LogP contribution in [-0.4, -0.2) is 24.8 Å². The Morgan fingerprint density at radius 3 is 2.88 bits per heavy atom. The number of hydrogen-bond donors (Lipinski definition) is 1. The Labute approximate surface area is 100 Å². The van der Waals surface area contributed by atoms with E-state index in [1.165, 1.54) is 5.56 Å². The van der Waals surface area contributed by atoms with Crippen molar-refractivity contribution in [3.8, 4) is 0 Å². The van der Waals surface area contributed by atoms with E-state index >= 15 is 0 Å². The first-order valence-electron chi connectivity index (χ1n) is 5.82. The molecule has 0 saturated carbocycles. The van der Waals surface area contributed by atoms with Crippen molar-refractivity contribution in [1.29, 1.82) is 0 Å². The maximum atomic E-state index is 5.89. The van der Waals surface area contributed by atoms with Gasteiger partial charge in [-0.05, 0) is 18.4 Å². The van der Waals surface area contributed by atoms with Gasteiger partial charge in [0.15, 0.2) is 0 Å². The second-order valence-corrected chi connectivity index (χ2v) is 4.19. The molecule has 0 saturated heterocycles. The first kappa shape index (κ1) is 11.8. The van der Waals surface area contributed by atoms with E-state index in [4.69, 9.17) is 5.73 Å². The fourth-order valence-electron chi connectivity index (χ4n) is 1.65. The van der Waals surface area contributed by atoms with Crippen molar-refractivity contribution in [3.63, 3.8) is 0 Å². The third-order valence-corrected chi connectivity index (χ3v) is 2.76. The SMILES string of the molecule is CCC(N)c1cn(CCc2cnn(C)c2)nn1. The zero-order valence-corrected chi connectivity index (χ0v) is 10.2. The van der Waals surface area contributed by atoms with Gasteiger partial charge in [0.2, 0.25) is 0 Å². The molecule has 92 valence electrons. The summed E-state index contributed by atoms with van der Waals surface area (Å²) in [4.78, 5) is 0. The molecule has 0 amide bonds. The molecule has 6 heteroatoms. The summed E-state index contributed by atoms with van der Waals surface area (Å²) in [6.07, 6.45) is 7.58. The predicted octanol–water partition coefficient (Wildman–Crippen LogP) is 0.664. The Hall–Kier alpha value is -1.69. The highest BCUT2D eigenvalue weighted by molar-refractivity contribution is 5.04. The van der Waals surface area contributed by atoms with E-state index in [1.54, 1.807) is 4.68 Å². The summed E-state index contributed by atoms with van der Waals surface area (Å²) < 4.78 is 3.63. The predicted molar refractivity (Wildman–Crippen MR) is 64.2 cm³/mol. The summed E-state index contributed by atoms with van der Waals surface area (Å²) in [5.74, 6) is 0. The van der Waals surface area contributed by atoms with Crippen molar-refractivity contribution in [1.82, 2.24) is 24.8 Å². The van der Waals surface area contributed by atoms with Crippen LogP contribution < -0.4 is 5.73 Å². The van der Waals surface area contributed by atoms with Gasteiger partial charge >= 0.3 is 0 Å². The molecule has 0 aromatic carbocycles. The summed E-state index contributed by atoms with van der Waals surface area (Å²) >= 11 is 0. The van der Waals surface area contributed by atoms with E-state index in [0.29, 0.717) is 0 Å². The van der Waals surface area contributed by atoms with E-state index in [1.807, 2.05) is 37.2 Å². The van der Waals surface area contributed by atoms with Gasteiger partial charge in [-0.1, -0.05) is 12.1 Å². The minimum Gasteiger partial charge on any atom is -0.323 e. The zero-order valence-electron chi connectivity index (χ0n) is 10.2. The topological polar surface area (TPSA) is 74.6 Å². The molecule has 0 aliphatic carbocycles. The van der Waals surface area contributed by atoms with E-state index < -0.39 is 0 Å². The van der Waals surface area contributed by atoms with Crippen molar-refractivity contribution in [2.24, 2.45) is 12.8 Å². The van der Waals surface area contributed by atoms with Gasteiger partial charge in [0, 0.05) is 19.8 Å². The number of nitrogens with two attached hydrogens (primary N) is 1. The third kappa shape index (κ3) is 2.91. The van der Waals surface area contributed by atoms with Crippen LogP contribution in [0.2, 0.25) is 0 Å². The molecule has 0 bridgehead atoms. The standard InChI is InChI=1S/C11H18N6/c1-3-10(12)11-8-17(15-14-11)5-4-9-6-13-16(2)7-9/h6-8,10H,3-5,12H2,1-2H3. The highest BCUT2D eigenvalue weighted by Crippen LogP contribution is 2.09. The maximum absolute atomic E-state index is 5.89. The fourth-order valence-corrected chi connectivity index (χ4v) is 1.65. The number of nitrogens with zero attached hydrogens (tertiary/aromatic N) is 5. The summed E-state index contributed by atoms with van der Waals surface area (Å²) in [6.45, 7) is 2.84. The highest BCUT2D eigenvalue weighted by Gasteiger charge is 2.08. The molecule has 0 aliphatic rings. The molecule has 2 aromatic heterocycles. The second-order valence-electron chi connectivity index (χ2n) is 4.19. The molecule has 2 rings (SSSR count). The van der Waals surface area contributed by atoms with E-state index in [-0.39, 0.29) is 6.04 Å². The normalized spacial score (nSPS) is 12.9.